The summed E-state index contributed by atoms with van der Waals surface area (Å²) in [6.07, 6.45) is 8.86. The van der Waals surface area contributed by atoms with Crippen LogP contribution in [0.5, 0.6) is 5.88 Å². The summed E-state index contributed by atoms with van der Waals surface area (Å²) in [6, 6.07) is 5.51. The van der Waals surface area contributed by atoms with Gasteiger partial charge < -0.3 is 20.3 Å². The summed E-state index contributed by atoms with van der Waals surface area (Å²) >= 11 is 0. The summed E-state index contributed by atoms with van der Waals surface area (Å²) in [5.74, 6) is 2.95. The topological polar surface area (TPSA) is 92.3 Å². The molecule has 0 bridgehead atoms. The summed E-state index contributed by atoms with van der Waals surface area (Å²) in [4.78, 5) is 27.9. The van der Waals surface area contributed by atoms with E-state index in [2.05, 4.69) is 30.5 Å². The molecule has 0 radical (unpaired) electrons. The fraction of sp³-hybridized carbons (Fsp3) is 0.545. The molecule has 1 saturated heterocycles. The molecular weight excluding hydrogens is 380 g/mol. The first-order chi connectivity index (χ1) is 14.7. The highest BCUT2D eigenvalue weighted by Crippen LogP contribution is 2.23. The molecule has 0 unspecified atom stereocenters. The molecule has 0 aromatic carbocycles. The Balaban J connectivity index is 1.23. The molecule has 160 valence electrons. The number of amides is 1. The van der Waals surface area contributed by atoms with Crippen LogP contribution in [0.1, 0.15) is 54.7 Å². The highest BCUT2D eigenvalue weighted by molar-refractivity contribution is 5.93. The molecule has 1 amide bonds. The number of nitrogens with one attached hydrogen (secondary N) is 2. The van der Waals surface area contributed by atoms with Gasteiger partial charge in [0.25, 0.3) is 5.91 Å². The molecule has 2 aromatic rings. The Morgan fingerprint density at radius 1 is 1.13 bits per heavy atom. The predicted molar refractivity (Wildman–Crippen MR) is 116 cm³/mol. The monoisotopic (exact) mass is 410 g/mol. The van der Waals surface area contributed by atoms with Gasteiger partial charge in [-0.15, -0.1) is 0 Å². The van der Waals surface area contributed by atoms with Gasteiger partial charge in [-0.05, 0) is 51.5 Å². The molecule has 0 spiro atoms. The lowest BCUT2D eigenvalue weighted by Gasteiger charge is -2.17. The molecule has 1 aliphatic heterocycles. The first-order valence-electron chi connectivity index (χ1n) is 10.9. The van der Waals surface area contributed by atoms with E-state index in [9.17, 15) is 4.79 Å². The Labute approximate surface area is 177 Å². The number of pyridine rings is 1. The zero-order valence-electron chi connectivity index (χ0n) is 17.6. The van der Waals surface area contributed by atoms with Gasteiger partial charge in [0.1, 0.15) is 23.6 Å². The zero-order valence-corrected chi connectivity index (χ0v) is 17.6. The van der Waals surface area contributed by atoms with Crippen LogP contribution >= 0.6 is 0 Å². The van der Waals surface area contributed by atoms with Crippen molar-refractivity contribution in [3.8, 4) is 5.88 Å². The molecular formula is C22H30N6O2. The quantitative estimate of drug-likeness (QED) is 0.647. The first kappa shape index (κ1) is 20.4. The Bertz CT molecular complexity index is 845. The van der Waals surface area contributed by atoms with Crippen LogP contribution in [0.2, 0.25) is 0 Å². The van der Waals surface area contributed by atoms with E-state index >= 15 is 0 Å². The van der Waals surface area contributed by atoms with Crippen molar-refractivity contribution in [2.24, 2.45) is 0 Å². The number of carbonyl (C=O) groups is 1. The van der Waals surface area contributed by atoms with Crippen LogP contribution in [-0.4, -0.2) is 53.1 Å². The molecule has 2 aliphatic rings. The van der Waals surface area contributed by atoms with E-state index in [1.54, 1.807) is 18.3 Å². The Morgan fingerprint density at radius 3 is 2.67 bits per heavy atom. The molecule has 1 aliphatic carbocycles. The van der Waals surface area contributed by atoms with E-state index in [-0.39, 0.29) is 12.0 Å². The molecule has 0 atom stereocenters. The fourth-order valence-corrected chi connectivity index (χ4v) is 3.98. The number of nitrogens with zero attached hydrogens (tertiary/aromatic N) is 4. The number of aromatic nitrogens is 3. The van der Waals surface area contributed by atoms with Gasteiger partial charge >= 0.3 is 0 Å². The SMILES string of the molecule is Cc1nc(NCCNC(=O)c2ccc(OC3CCCC3)nc2)cc(N2CCCC2)n1. The summed E-state index contributed by atoms with van der Waals surface area (Å²) < 4.78 is 5.85. The standard InChI is InChI=1S/C22H30N6O2/c1-16-26-19(14-20(27-16)28-12-4-5-13-28)23-10-11-24-22(29)17-8-9-21(25-15-17)30-18-6-2-3-7-18/h8-9,14-15,18H,2-7,10-13H2,1H3,(H,24,29)(H,23,26,27). The van der Waals surface area contributed by atoms with Gasteiger partial charge in [0, 0.05) is 44.5 Å². The van der Waals surface area contributed by atoms with Gasteiger partial charge in [0.2, 0.25) is 5.88 Å². The third-order valence-corrected chi connectivity index (χ3v) is 5.56. The lowest BCUT2D eigenvalue weighted by Crippen LogP contribution is -2.29. The minimum atomic E-state index is -0.145. The maximum atomic E-state index is 12.3. The minimum absolute atomic E-state index is 0.145. The second-order valence-corrected chi connectivity index (χ2v) is 7.94. The molecule has 4 rings (SSSR count). The number of aryl methyl sites for hydroxylation is 1. The largest absolute Gasteiger partial charge is 0.474 e. The van der Waals surface area contributed by atoms with Crippen LogP contribution < -0.4 is 20.3 Å². The van der Waals surface area contributed by atoms with Crippen molar-refractivity contribution in [2.75, 3.05) is 36.4 Å². The fourth-order valence-electron chi connectivity index (χ4n) is 3.98. The molecule has 30 heavy (non-hydrogen) atoms. The van der Waals surface area contributed by atoms with Gasteiger partial charge in [-0.25, -0.2) is 15.0 Å². The summed E-state index contributed by atoms with van der Waals surface area (Å²) in [5, 5.41) is 6.19. The van der Waals surface area contributed by atoms with Crippen molar-refractivity contribution in [2.45, 2.75) is 51.6 Å². The summed E-state index contributed by atoms with van der Waals surface area (Å²) in [7, 11) is 0. The number of anilines is 2. The van der Waals surface area contributed by atoms with Gasteiger partial charge in [-0.3, -0.25) is 4.79 Å². The number of hydrogen-bond donors (Lipinski definition) is 2. The van der Waals surface area contributed by atoms with Crippen LogP contribution in [-0.2, 0) is 0 Å². The molecule has 2 N–H and O–H groups in total. The number of carbonyl (C=O) groups excluding carboxylic acids is 1. The maximum absolute atomic E-state index is 12.3. The van der Waals surface area contributed by atoms with E-state index in [0.717, 1.165) is 43.4 Å². The van der Waals surface area contributed by atoms with Crippen molar-refractivity contribution in [1.29, 1.82) is 0 Å². The molecule has 8 nitrogen and oxygen atoms in total. The highest BCUT2D eigenvalue weighted by atomic mass is 16.5. The zero-order chi connectivity index (χ0) is 20.8. The van der Waals surface area contributed by atoms with Crippen molar-refractivity contribution in [3.63, 3.8) is 0 Å². The van der Waals surface area contributed by atoms with Crippen LogP contribution in [0.15, 0.2) is 24.4 Å². The molecule has 1 saturated carbocycles. The van der Waals surface area contributed by atoms with E-state index in [4.69, 9.17) is 4.74 Å². The van der Waals surface area contributed by atoms with Gasteiger partial charge in [0.05, 0.1) is 5.56 Å². The molecule has 3 heterocycles. The van der Waals surface area contributed by atoms with Crippen LogP contribution in [0, 0.1) is 6.92 Å². The molecule has 8 heteroatoms. The number of hydrogen-bond acceptors (Lipinski definition) is 7. The second kappa shape index (κ2) is 9.73. The third-order valence-electron chi connectivity index (χ3n) is 5.56. The maximum Gasteiger partial charge on any atom is 0.252 e. The number of rotatable bonds is 8. The minimum Gasteiger partial charge on any atom is -0.474 e. The van der Waals surface area contributed by atoms with Gasteiger partial charge in [-0.1, -0.05) is 0 Å². The van der Waals surface area contributed by atoms with Gasteiger partial charge in [0.15, 0.2) is 0 Å². The average molecular weight is 411 g/mol. The molecule has 2 fully saturated rings. The Hall–Kier alpha value is -2.90. The van der Waals surface area contributed by atoms with Crippen molar-refractivity contribution in [1.82, 2.24) is 20.3 Å². The van der Waals surface area contributed by atoms with Crippen LogP contribution in [0.25, 0.3) is 0 Å². The van der Waals surface area contributed by atoms with Crippen molar-refractivity contribution >= 4 is 17.5 Å². The smallest absolute Gasteiger partial charge is 0.252 e. The molecule has 2 aromatic heterocycles. The Kier molecular flexibility index (Phi) is 6.61. The van der Waals surface area contributed by atoms with E-state index in [1.807, 2.05) is 13.0 Å². The van der Waals surface area contributed by atoms with E-state index in [1.165, 1.54) is 25.7 Å². The second-order valence-electron chi connectivity index (χ2n) is 7.94. The average Bonchev–Trinajstić information content (AvgIpc) is 3.45. The Morgan fingerprint density at radius 2 is 1.93 bits per heavy atom. The van der Waals surface area contributed by atoms with Crippen molar-refractivity contribution in [3.05, 3.63) is 35.8 Å². The van der Waals surface area contributed by atoms with Gasteiger partial charge in [-0.2, -0.15) is 0 Å². The van der Waals surface area contributed by atoms with Crippen molar-refractivity contribution < 1.29 is 9.53 Å². The predicted octanol–water partition coefficient (Wildman–Crippen LogP) is 2.94. The third kappa shape index (κ3) is 5.37. The normalized spacial score (nSPS) is 16.6. The lowest BCUT2D eigenvalue weighted by atomic mass is 10.2. The first-order valence-corrected chi connectivity index (χ1v) is 10.9. The summed E-state index contributed by atoms with van der Waals surface area (Å²) in [5.41, 5.74) is 0.531. The highest BCUT2D eigenvalue weighted by Gasteiger charge is 2.17. The summed E-state index contributed by atoms with van der Waals surface area (Å²) in [6.45, 7) is 5.06. The van der Waals surface area contributed by atoms with E-state index in [0.29, 0.717) is 24.5 Å². The van der Waals surface area contributed by atoms with Crippen LogP contribution in [0.3, 0.4) is 0 Å². The number of ether oxygens (including phenoxy) is 1. The van der Waals surface area contributed by atoms with Crippen LogP contribution in [0.4, 0.5) is 11.6 Å². The van der Waals surface area contributed by atoms with E-state index < -0.39 is 0 Å². The lowest BCUT2D eigenvalue weighted by molar-refractivity contribution is 0.0954.